The van der Waals surface area contributed by atoms with Gasteiger partial charge in [-0.15, -0.1) is 23.7 Å². The maximum atomic E-state index is 13.5. The summed E-state index contributed by atoms with van der Waals surface area (Å²) in [6.07, 6.45) is 8.36. The lowest BCUT2D eigenvalue weighted by Crippen LogP contribution is -2.53. The first-order valence-corrected chi connectivity index (χ1v) is 15.1. The highest BCUT2D eigenvalue weighted by Crippen LogP contribution is 2.31. The number of nitrogens with one attached hydrogen (secondary N) is 2. The number of carbonyl (C=O) groups excluding carboxylic acids is 1. The largest absolute Gasteiger partial charge is 0.324 e. The van der Waals surface area contributed by atoms with Gasteiger partial charge in [0.05, 0.1) is 0 Å². The molecule has 0 spiro atoms. The molecule has 0 aromatic carbocycles. The number of thiazole rings is 1. The number of nitrogens with zero attached hydrogens (tertiary/aromatic N) is 5. The Morgan fingerprint density at radius 2 is 1.69 bits per heavy atom. The van der Waals surface area contributed by atoms with Crippen LogP contribution >= 0.6 is 23.7 Å². The monoisotopic (exact) mass is 563 g/mol. The van der Waals surface area contributed by atoms with Crippen LogP contribution in [0.1, 0.15) is 50.3 Å². The van der Waals surface area contributed by atoms with Crippen molar-refractivity contribution >= 4 is 45.1 Å². The average molecular weight is 564 g/mol. The molecule has 1 aliphatic carbocycles. The molecule has 1 aromatic heterocycles. The van der Waals surface area contributed by atoms with Crippen molar-refractivity contribution < 1.29 is 13.2 Å². The predicted octanol–water partition coefficient (Wildman–Crippen LogP) is 2.65. The van der Waals surface area contributed by atoms with E-state index < -0.39 is 10.2 Å². The molecule has 13 heteroatoms. The minimum atomic E-state index is -3.36. The second-order valence-electron chi connectivity index (χ2n) is 10.3. The Hall–Kier alpha value is -1.02. The van der Waals surface area contributed by atoms with E-state index in [2.05, 4.69) is 32.3 Å². The summed E-state index contributed by atoms with van der Waals surface area (Å²) < 4.78 is 27.5. The van der Waals surface area contributed by atoms with Crippen molar-refractivity contribution in [1.29, 1.82) is 0 Å². The van der Waals surface area contributed by atoms with Crippen LogP contribution in [0.2, 0.25) is 0 Å². The molecule has 1 aromatic rings. The van der Waals surface area contributed by atoms with Crippen LogP contribution in [0.5, 0.6) is 0 Å². The third-order valence-corrected chi connectivity index (χ3v) is 10.4. The summed E-state index contributed by atoms with van der Waals surface area (Å²) in [6.45, 7) is 7.25. The maximum absolute atomic E-state index is 13.5. The molecule has 2 N–H and O–H groups in total. The van der Waals surface area contributed by atoms with Gasteiger partial charge in [-0.3, -0.25) is 10.2 Å². The van der Waals surface area contributed by atoms with Gasteiger partial charge in [0.1, 0.15) is 0 Å². The molecule has 206 valence electrons. The minimum Gasteiger partial charge on any atom is -0.318 e. The van der Waals surface area contributed by atoms with Gasteiger partial charge in [-0.1, -0.05) is 6.92 Å². The Morgan fingerprint density at radius 3 is 2.31 bits per heavy atom. The number of hydrogen-bond acceptors (Lipinski definition) is 7. The van der Waals surface area contributed by atoms with Crippen molar-refractivity contribution in [3.8, 4) is 0 Å². The van der Waals surface area contributed by atoms with Crippen molar-refractivity contribution in [2.24, 2.45) is 5.92 Å². The van der Waals surface area contributed by atoms with E-state index >= 15 is 0 Å². The van der Waals surface area contributed by atoms with Gasteiger partial charge >= 0.3 is 6.03 Å². The number of rotatable bonds is 7. The smallest absolute Gasteiger partial charge is 0.318 e. The van der Waals surface area contributed by atoms with Crippen LogP contribution in [0.3, 0.4) is 0 Å². The molecule has 4 rings (SSSR count). The van der Waals surface area contributed by atoms with Crippen molar-refractivity contribution in [2.45, 2.75) is 64.1 Å². The van der Waals surface area contributed by atoms with E-state index in [-0.39, 0.29) is 24.5 Å². The van der Waals surface area contributed by atoms with E-state index in [0.717, 1.165) is 49.6 Å². The highest BCUT2D eigenvalue weighted by Gasteiger charge is 2.34. The van der Waals surface area contributed by atoms with E-state index in [1.54, 1.807) is 14.1 Å². The van der Waals surface area contributed by atoms with E-state index in [9.17, 15) is 13.2 Å². The molecule has 3 fully saturated rings. The fourth-order valence-corrected chi connectivity index (χ4v) is 7.33. The first-order chi connectivity index (χ1) is 16.7. The van der Waals surface area contributed by atoms with E-state index in [0.29, 0.717) is 43.9 Å². The van der Waals surface area contributed by atoms with Crippen molar-refractivity contribution in [3.63, 3.8) is 0 Å². The van der Waals surface area contributed by atoms with Crippen LogP contribution in [0, 0.1) is 5.92 Å². The first-order valence-electron chi connectivity index (χ1n) is 12.9. The molecular weight excluding hydrogens is 522 g/mol. The average Bonchev–Trinajstić information content (AvgIpc) is 3.28. The van der Waals surface area contributed by atoms with E-state index in [1.165, 1.54) is 32.8 Å². The zero-order valence-corrected chi connectivity index (χ0v) is 24.1. The van der Waals surface area contributed by atoms with Crippen molar-refractivity contribution in [3.05, 3.63) is 11.1 Å². The fourth-order valence-electron chi connectivity index (χ4n) is 5.40. The van der Waals surface area contributed by atoms with Gasteiger partial charge in [0, 0.05) is 70.0 Å². The van der Waals surface area contributed by atoms with Gasteiger partial charge in [-0.25, -0.2) is 9.78 Å². The second kappa shape index (κ2) is 13.2. The summed E-state index contributed by atoms with van der Waals surface area (Å²) in [5.41, 5.74) is 0. The highest BCUT2D eigenvalue weighted by atomic mass is 35.5. The normalized spacial score (nSPS) is 24.9. The molecule has 3 aliphatic rings. The number of hydrogen-bond donors (Lipinski definition) is 2. The zero-order chi connectivity index (χ0) is 25.0. The second-order valence-corrected chi connectivity index (χ2v) is 13.6. The standard InChI is InChI=1S/C23H41N7O3S2.ClH/c1-18-4-6-19(7-5-18)30(20-8-10-24-11-9-20)23(31)26-22-25-16-21(34-22)17-28-12-14-29(15-13-28)35(32,33)27(2)3;/h16,18-20,24H,4-15,17H2,1-3H3,(H,25,26,31);1H. The number of aromatic nitrogens is 1. The molecule has 0 unspecified atom stereocenters. The van der Waals surface area contributed by atoms with Gasteiger partial charge in [0.15, 0.2) is 5.13 Å². The van der Waals surface area contributed by atoms with Gasteiger partial charge in [-0.05, 0) is 57.5 Å². The van der Waals surface area contributed by atoms with E-state index in [1.807, 2.05) is 6.20 Å². The Kier molecular flexibility index (Phi) is 10.8. The molecule has 2 aliphatic heterocycles. The number of anilines is 1. The number of piperazine rings is 1. The fraction of sp³-hybridized carbons (Fsp3) is 0.826. The number of amides is 2. The molecule has 10 nitrogen and oxygen atoms in total. The molecule has 0 bridgehead atoms. The van der Waals surface area contributed by atoms with Crippen LogP contribution in [0.25, 0.3) is 0 Å². The first kappa shape index (κ1) is 29.5. The summed E-state index contributed by atoms with van der Waals surface area (Å²) in [5, 5.41) is 7.16. The summed E-state index contributed by atoms with van der Waals surface area (Å²) >= 11 is 1.51. The number of urea groups is 1. The Bertz CT molecular complexity index is 939. The third-order valence-electron chi connectivity index (χ3n) is 7.58. The molecule has 0 radical (unpaired) electrons. The quantitative estimate of drug-likeness (QED) is 0.529. The van der Waals surface area contributed by atoms with Crippen LogP contribution < -0.4 is 10.6 Å². The van der Waals surface area contributed by atoms with Crippen molar-refractivity contribution in [1.82, 2.24) is 28.7 Å². The van der Waals surface area contributed by atoms with Crippen LogP contribution in [0.4, 0.5) is 9.93 Å². The number of piperidine rings is 1. The molecule has 2 saturated heterocycles. The molecule has 0 atom stereocenters. The van der Waals surface area contributed by atoms with Gasteiger partial charge in [-0.2, -0.15) is 17.0 Å². The minimum absolute atomic E-state index is 0. The van der Waals surface area contributed by atoms with E-state index in [4.69, 9.17) is 0 Å². The predicted molar refractivity (Wildman–Crippen MR) is 147 cm³/mol. The summed E-state index contributed by atoms with van der Waals surface area (Å²) in [6, 6.07) is 0.576. The summed E-state index contributed by atoms with van der Waals surface area (Å²) in [5.74, 6) is 0.746. The van der Waals surface area contributed by atoms with Crippen LogP contribution in [0.15, 0.2) is 6.20 Å². The molecule has 3 heterocycles. The molecular formula is C23H42ClN7O3S2. The van der Waals surface area contributed by atoms with Crippen molar-refractivity contribution in [2.75, 3.05) is 58.7 Å². The van der Waals surface area contributed by atoms with Gasteiger partial charge in [0.2, 0.25) is 0 Å². The maximum Gasteiger partial charge on any atom is 0.324 e. The lowest BCUT2D eigenvalue weighted by atomic mass is 9.85. The number of carbonyl (C=O) groups is 1. The Balaban J connectivity index is 0.00000361. The SMILES string of the molecule is CC1CCC(N(C(=O)Nc2ncc(CN3CCN(S(=O)(=O)N(C)C)CC3)s2)C2CCNCC2)CC1.Cl. The van der Waals surface area contributed by atoms with Crippen LogP contribution in [-0.4, -0.2) is 103 Å². The number of halogens is 1. The lowest BCUT2D eigenvalue weighted by molar-refractivity contribution is 0.108. The Morgan fingerprint density at radius 1 is 1.08 bits per heavy atom. The molecule has 36 heavy (non-hydrogen) atoms. The topological polar surface area (TPSA) is 101 Å². The summed E-state index contributed by atoms with van der Waals surface area (Å²) in [7, 11) is -0.231. The lowest BCUT2D eigenvalue weighted by Gasteiger charge is -2.42. The van der Waals surface area contributed by atoms with Gasteiger partial charge < -0.3 is 10.2 Å². The molecule has 2 amide bonds. The Labute approximate surface area is 226 Å². The third kappa shape index (κ3) is 7.30. The zero-order valence-electron chi connectivity index (χ0n) is 21.7. The molecule has 1 saturated carbocycles. The van der Waals surface area contributed by atoms with Gasteiger partial charge in [0.25, 0.3) is 10.2 Å². The highest BCUT2D eigenvalue weighted by molar-refractivity contribution is 7.86. The summed E-state index contributed by atoms with van der Waals surface area (Å²) in [4.78, 5) is 23.4. The van der Waals surface area contributed by atoms with Crippen LogP contribution in [-0.2, 0) is 16.8 Å².